The van der Waals surface area contributed by atoms with Gasteiger partial charge >= 0.3 is 0 Å². The van der Waals surface area contributed by atoms with E-state index in [2.05, 4.69) is 410 Å². The Kier molecular flexibility index (Phi) is 13.6. The van der Waals surface area contributed by atoms with Crippen molar-refractivity contribution in [3.05, 3.63) is 376 Å². The van der Waals surface area contributed by atoms with E-state index in [-0.39, 0.29) is 13.4 Å². The Balaban J connectivity index is 0.880. The van der Waals surface area contributed by atoms with Crippen LogP contribution in [-0.4, -0.2) is 18.4 Å². The Morgan fingerprint density at radius 2 is 0.689 bits per heavy atom. The van der Waals surface area contributed by atoms with Crippen LogP contribution in [0.25, 0.3) is 53.1 Å². The topological polar surface area (TPSA) is 35.2 Å². The number of thiophene rings is 1. The maximum Gasteiger partial charge on any atom is 0.252 e. The molecule has 106 heavy (non-hydrogen) atoms. The molecule has 0 saturated carbocycles. The largest absolute Gasteiger partial charge is 0.353 e. The molecule has 0 saturated heterocycles. The number of hydrogen-bond donors (Lipinski definition) is 1. The number of H-pyrrole nitrogens is 1. The van der Waals surface area contributed by atoms with Crippen LogP contribution in [-0.2, 0) is 0 Å². The molecule has 0 bridgehead atoms. The number of nitrogens with one attached hydrogen (secondary N) is 1. The minimum atomic E-state index is -0.247. The molecule has 0 spiro atoms. The zero-order chi connectivity index (χ0) is 69.5. The number of para-hydroxylation sites is 10. The highest BCUT2D eigenvalue weighted by Gasteiger charge is 2.49. The van der Waals surface area contributed by atoms with E-state index in [1.807, 2.05) is 11.3 Å². The highest BCUT2D eigenvalue weighted by Crippen LogP contribution is 2.55. The fraction of sp³-hybridized carbons (Fsp3) is 0. The van der Waals surface area contributed by atoms with E-state index in [1.165, 1.54) is 63.7 Å². The minimum Gasteiger partial charge on any atom is -0.353 e. The molecule has 7 nitrogen and oxygen atoms in total. The number of rotatable bonds is 11. The van der Waals surface area contributed by atoms with Gasteiger partial charge in [-0.1, -0.05) is 243 Å². The normalized spacial score (nSPS) is 13.0. The second kappa shape index (κ2) is 24.0. The fourth-order valence-corrected chi connectivity index (χ4v) is 19.1. The van der Waals surface area contributed by atoms with Crippen LogP contribution in [0, 0.1) is 0 Å². The molecular weight excluding hydrogens is 1300 g/mol. The van der Waals surface area contributed by atoms with E-state index in [1.54, 1.807) is 0 Å². The molecule has 0 radical (unpaired) electrons. The summed E-state index contributed by atoms with van der Waals surface area (Å²) in [6, 6.07) is 140. The molecular formula is C96H63B2N7S. The van der Waals surface area contributed by atoms with Crippen LogP contribution in [0.5, 0.6) is 0 Å². The smallest absolute Gasteiger partial charge is 0.252 e. The van der Waals surface area contributed by atoms with Crippen molar-refractivity contribution in [3.63, 3.8) is 0 Å². The summed E-state index contributed by atoms with van der Waals surface area (Å²) in [7, 11) is 0. The standard InChI is InChI=1S/C96H63B2N7S/c1-7-31-63(32-8-1)71-43-20-25-51-81(71)104-87-62-86-78(61-79(87)97-76-48-22-26-52-82(76)102(67-39-15-5-16-40-67)88-57-69(58-90(104)93(88)97)100(64-33-9-2-10-34-64)65-35-11-3-12-36-65)98-77-49-23-27-53-83(77)105(84-54-29-46-74-72-44-19-24-50-80(72)99-95(74)84)91-60-70(59-89(94(91)98)103(86)68-41-17-6-18-42-68)101(66-37-13-4-14-38-66)85-55-30-47-75-73-45-21-28-56-92(73)106-96(75)85/h1-62,99H. The Bertz CT molecular complexity index is 6490. The molecule has 18 aromatic rings. The summed E-state index contributed by atoms with van der Waals surface area (Å²) < 4.78 is 2.49. The summed E-state index contributed by atoms with van der Waals surface area (Å²) in [5.74, 6) is 0. The lowest BCUT2D eigenvalue weighted by molar-refractivity contribution is 1.22. The second-order valence-corrected chi connectivity index (χ2v) is 29.0. The van der Waals surface area contributed by atoms with Gasteiger partial charge in [-0.25, -0.2) is 0 Å². The summed E-state index contributed by atoms with van der Waals surface area (Å²) in [4.78, 5) is 19.3. The quantitative estimate of drug-likeness (QED) is 0.130. The zero-order valence-corrected chi connectivity index (χ0v) is 58.4. The first-order valence-corrected chi connectivity index (χ1v) is 37.3. The third kappa shape index (κ3) is 9.14. The SMILES string of the molecule is c1ccc(-c2ccccc2N2c3cc4c(cc3B3c5ccccc5N(c5ccccc5)c5cc(N(c6ccccc6)c6ccccc6)cc2c53)B2c3ccccc3N(c3cccc5c3[nH]c3ccccc35)c3cc(N(c5ccccc5)c5cccc6c5sc5ccccc56)cc(c32)N4c2ccccc2)cc1. The van der Waals surface area contributed by atoms with Gasteiger partial charge in [0.05, 0.1) is 38.7 Å². The van der Waals surface area contributed by atoms with Crippen molar-refractivity contribution in [2.45, 2.75) is 0 Å². The van der Waals surface area contributed by atoms with Gasteiger partial charge in [-0.3, -0.25) is 0 Å². The monoisotopic (exact) mass is 1370 g/mol. The van der Waals surface area contributed by atoms with Gasteiger partial charge in [-0.2, -0.15) is 0 Å². The molecule has 4 aliphatic heterocycles. The highest BCUT2D eigenvalue weighted by molar-refractivity contribution is 7.26. The van der Waals surface area contributed by atoms with Crippen molar-refractivity contribution in [2.24, 2.45) is 0 Å². The predicted molar refractivity (Wildman–Crippen MR) is 452 cm³/mol. The van der Waals surface area contributed by atoms with Crippen molar-refractivity contribution in [1.82, 2.24) is 4.98 Å². The van der Waals surface area contributed by atoms with E-state index in [0.29, 0.717) is 0 Å². The molecule has 6 heterocycles. The van der Waals surface area contributed by atoms with Crippen molar-refractivity contribution in [1.29, 1.82) is 0 Å². The lowest BCUT2D eigenvalue weighted by Crippen LogP contribution is -2.65. The molecule has 10 heteroatoms. The number of benzene rings is 16. The molecule has 0 unspecified atom stereocenters. The van der Waals surface area contributed by atoms with Crippen molar-refractivity contribution < 1.29 is 0 Å². The van der Waals surface area contributed by atoms with Crippen LogP contribution in [0.3, 0.4) is 0 Å². The van der Waals surface area contributed by atoms with Gasteiger partial charge in [0.15, 0.2) is 0 Å². The molecule has 0 fully saturated rings. The Morgan fingerprint density at radius 3 is 1.31 bits per heavy atom. The average molecular weight is 1370 g/mol. The highest BCUT2D eigenvalue weighted by atomic mass is 32.1. The molecule has 1 N–H and O–H groups in total. The lowest BCUT2D eigenvalue weighted by Gasteiger charge is -2.48. The molecule has 2 aromatic heterocycles. The second-order valence-electron chi connectivity index (χ2n) is 27.9. The third-order valence-corrected chi connectivity index (χ3v) is 23.5. The first-order valence-electron chi connectivity index (χ1n) is 36.5. The summed E-state index contributed by atoms with van der Waals surface area (Å²) in [5, 5.41) is 4.88. The van der Waals surface area contributed by atoms with Gasteiger partial charge < -0.3 is 34.4 Å². The van der Waals surface area contributed by atoms with E-state index >= 15 is 0 Å². The summed E-state index contributed by atoms with van der Waals surface area (Å²) in [6.07, 6.45) is 0. The van der Waals surface area contributed by atoms with Gasteiger partial charge in [0, 0.05) is 111 Å². The van der Waals surface area contributed by atoms with Gasteiger partial charge in [0.2, 0.25) is 0 Å². The number of anilines is 18. The van der Waals surface area contributed by atoms with Crippen LogP contribution in [0.2, 0.25) is 0 Å². The number of nitrogens with zero attached hydrogens (tertiary/aromatic N) is 6. The summed E-state index contributed by atoms with van der Waals surface area (Å²) >= 11 is 1.87. The van der Waals surface area contributed by atoms with E-state index in [9.17, 15) is 0 Å². The Labute approximate surface area is 619 Å². The predicted octanol–water partition coefficient (Wildman–Crippen LogP) is 22.5. The molecule has 0 amide bonds. The fourth-order valence-electron chi connectivity index (χ4n) is 17.9. The molecule has 0 atom stereocenters. The molecule has 16 aromatic carbocycles. The van der Waals surface area contributed by atoms with Crippen LogP contribution in [0.15, 0.2) is 376 Å². The lowest BCUT2D eigenvalue weighted by atomic mass is 9.30. The van der Waals surface area contributed by atoms with Gasteiger partial charge in [-0.05, 0) is 172 Å². The Hall–Kier alpha value is -13.5. The molecule has 22 rings (SSSR count). The van der Waals surface area contributed by atoms with Crippen LogP contribution in [0.4, 0.5) is 102 Å². The minimum absolute atomic E-state index is 0.225. The van der Waals surface area contributed by atoms with Crippen molar-refractivity contribution in [2.75, 3.05) is 29.4 Å². The van der Waals surface area contributed by atoms with Gasteiger partial charge in [-0.15, -0.1) is 11.3 Å². The average Bonchev–Trinajstić information content (AvgIpc) is 0.935. The number of fused-ring (bicyclic) bond motifs is 14. The van der Waals surface area contributed by atoms with E-state index in [4.69, 9.17) is 0 Å². The van der Waals surface area contributed by atoms with Gasteiger partial charge in [0.1, 0.15) is 0 Å². The molecule has 4 aliphatic rings. The van der Waals surface area contributed by atoms with E-state index in [0.717, 1.165) is 125 Å². The molecule has 0 aliphatic carbocycles. The van der Waals surface area contributed by atoms with E-state index < -0.39 is 0 Å². The third-order valence-electron chi connectivity index (χ3n) is 22.2. The van der Waals surface area contributed by atoms with Crippen LogP contribution >= 0.6 is 11.3 Å². The summed E-state index contributed by atoms with van der Waals surface area (Å²) in [6.45, 7) is -0.472. The van der Waals surface area contributed by atoms with Crippen molar-refractivity contribution >= 4 is 202 Å². The van der Waals surface area contributed by atoms with Crippen LogP contribution < -0.4 is 62.2 Å². The zero-order valence-electron chi connectivity index (χ0n) is 57.5. The van der Waals surface area contributed by atoms with Gasteiger partial charge in [0.25, 0.3) is 13.4 Å². The number of aromatic amines is 1. The summed E-state index contributed by atoms with van der Waals surface area (Å²) in [5.41, 5.74) is 31.5. The first kappa shape index (κ1) is 60.1. The maximum absolute atomic E-state index is 4.00. The van der Waals surface area contributed by atoms with Crippen LogP contribution in [0.1, 0.15) is 0 Å². The number of aromatic nitrogens is 1. The maximum atomic E-state index is 4.00. The Morgan fingerprint density at radius 1 is 0.264 bits per heavy atom. The first-order chi connectivity index (χ1) is 52.6. The molecule has 494 valence electrons. The van der Waals surface area contributed by atoms with Crippen molar-refractivity contribution in [3.8, 4) is 11.1 Å². The number of hydrogen-bond acceptors (Lipinski definition) is 7.